The van der Waals surface area contributed by atoms with Crippen LogP contribution >= 0.6 is 0 Å². The number of nitriles is 1. The van der Waals surface area contributed by atoms with Crippen LogP contribution in [0.1, 0.15) is 58.8 Å². The Hall–Kier alpha value is -0.550. The van der Waals surface area contributed by atoms with Gasteiger partial charge in [0.05, 0.1) is 11.5 Å². The first kappa shape index (κ1) is 13.5. The van der Waals surface area contributed by atoms with Crippen molar-refractivity contribution in [2.24, 2.45) is 5.41 Å². The number of hydrogen-bond acceptors (Lipinski definition) is 2. The van der Waals surface area contributed by atoms with Crippen LogP contribution in [0.5, 0.6) is 0 Å². The van der Waals surface area contributed by atoms with Crippen molar-refractivity contribution < 1.29 is 0 Å². The number of nitrogens with zero attached hydrogens (tertiary/aromatic N) is 2. The average molecular weight is 222 g/mol. The molecule has 92 valence electrons. The Balaban J connectivity index is 2.18. The van der Waals surface area contributed by atoms with Gasteiger partial charge in [-0.05, 0) is 59.2 Å². The molecule has 0 aromatic heterocycles. The SMILES string of the molecule is CC(C)(C#N)CCCN1CCCCCCC1. The molecule has 0 aromatic rings. The van der Waals surface area contributed by atoms with Crippen LogP contribution in [0.2, 0.25) is 0 Å². The molecule has 2 nitrogen and oxygen atoms in total. The van der Waals surface area contributed by atoms with Crippen molar-refractivity contribution in [1.29, 1.82) is 5.26 Å². The molecule has 0 bridgehead atoms. The second-order valence-corrected chi connectivity index (χ2v) is 5.71. The summed E-state index contributed by atoms with van der Waals surface area (Å²) in [5, 5.41) is 8.95. The van der Waals surface area contributed by atoms with Gasteiger partial charge in [-0.2, -0.15) is 5.26 Å². The van der Waals surface area contributed by atoms with Crippen LogP contribution < -0.4 is 0 Å². The number of hydrogen-bond donors (Lipinski definition) is 0. The van der Waals surface area contributed by atoms with Crippen molar-refractivity contribution in [2.75, 3.05) is 19.6 Å². The Morgan fingerprint density at radius 2 is 1.62 bits per heavy atom. The highest BCUT2D eigenvalue weighted by Gasteiger charge is 2.16. The van der Waals surface area contributed by atoms with E-state index in [1.807, 2.05) is 13.8 Å². The van der Waals surface area contributed by atoms with Crippen molar-refractivity contribution in [2.45, 2.75) is 58.8 Å². The normalized spacial score (nSPS) is 19.8. The van der Waals surface area contributed by atoms with Crippen LogP contribution in [0.3, 0.4) is 0 Å². The maximum absolute atomic E-state index is 8.95. The lowest BCUT2D eigenvalue weighted by Crippen LogP contribution is -2.29. The van der Waals surface area contributed by atoms with E-state index in [4.69, 9.17) is 5.26 Å². The van der Waals surface area contributed by atoms with Crippen molar-refractivity contribution in [3.63, 3.8) is 0 Å². The van der Waals surface area contributed by atoms with E-state index in [0.717, 1.165) is 6.42 Å². The summed E-state index contributed by atoms with van der Waals surface area (Å²) < 4.78 is 0. The maximum Gasteiger partial charge on any atom is 0.0683 e. The van der Waals surface area contributed by atoms with Gasteiger partial charge < -0.3 is 4.90 Å². The molecule has 0 saturated carbocycles. The zero-order valence-corrected chi connectivity index (χ0v) is 11.0. The molecule has 0 radical (unpaired) electrons. The summed E-state index contributed by atoms with van der Waals surface area (Å²) in [5.74, 6) is 0. The molecule has 1 aliphatic rings. The van der Waals surface area contributed by atoms with Gasteiger partial charge in [0.25, 0.3) is 0 Å². The zero-order chi connectivity index (χ0) is 11.9. The van der Waals surface area contributed by atoms with Crippen molar-refractivity contribution >= 4 is 0 Å². The molecular weight excluding hydrogens is 196 g/mol. The molecule has 0 spiro atoms. The zero-order valence-electron chi connectivity index (χ0n) is 11.0. The van der Waals surface area contributed by atoms with E-state index in [1.54, 1.807) is 0 Å². The van der Waals surface area contributed by atoms with Gasteiger partial charge in [0.15, 0.2) is 0 Å². The Kier molecular flexibility index (Phi) is 5.84. The van der Waals surface area contributed by atoms with Crippen LogP contribution in [0, 0.1) is 16.7 Å². The fourth-order valence-electron chi connectivity index (χ4n) is 2.34. The Morgan fingerprint density at radius 3 is 2.19 bits per heavy atom. The molecule has 0 atom stereocenters. The smallest absolute Gasteiger partial charge is 0.0683 e. The van der Waals surface area contributed by atoms with Gasteiger partial charge >= 0.3 is 0 Å². The predicted octanol–water partition coefficient (Wildman–Crippen LogP) is 3.58. The molecule has 0 aromatic carbocycles. The predicted molar refractivity (Wildman–Crippen MR) is 68.2 cm³/mol. The van der Waals surface area contributed by atoms with Crippen LogP contribution in [0.15, 0.2) is 0 Å². The average Bonchev–Trinajstić information content (AvgIpc) is 2.21. The van der Waals surface area contributed by atoms with Gasteiger partial charge in [-0.25, -0.2) is 0 Å². The minimum Gasteiger partial charge on any atom is -0.303 e. The third kappa shape index (κ3) is 5.51. The van der Waals surface area contributed by atoms with E-state index in [2.05, 4.69) is 11.0 Å². The lowest BCUT2D eigenvalue weighted by Gasteiger charge is -2.25. The molecule has 1 fully saturated rings. The summed E-state index contributed by atoms with van der Waals surface area (Å²) >= 11 is 0. The maximum atomic E-state index is 8.95. The summed E-state index contributed by atoms with van der Waals surface area (Å²) in [5.41, 5.74) is -0.136. The number of rotatable bonds is 4. The van der Waals surface area contributed by atoms with E-state index >= 15 is 0 Å². The first-order chi connectivity index (χ1) is 7.64. The van der Waals surface area contributed by atoms with Crippen LogP contribution in [0.4, 0.5) is 0 Å². The number of likely N-dealkylation sites (tertiary alicyclic amines) is 1. The highest BCUT2D eigenvalue weighted by atomic mass is 15.1. The van der Waals surface area contributed by atoms with Gasteiger partial charge in [0, 0.05) is 0 Å². The van der Waals surface area contributed by atoms with Gasteiger partial charge in [0.2, 0.25) is 0 Å². The molecule has 0 unspecified atom stereocenters. The minimum atomic E-state index is -0.136. The van der Waals surface area contributed by atoms with E-state index in [-0.39, 0.29) is 5.41 Å². The van der Waals surface area contributed by atoms with Crippen LogP contribution in [-0.2, 0) is 0 Å². The largest absolute Gasteiger partial charge is 0.303 e. The molecule has 1 saturated heterocycles. The van der Waals surface area contributed by atoms with Gasteiger partial charge in [-0.1, -0.05) is 19.3 Å². The van der Waals surface area contributed by atoms with Crippen LogP contribution in [-0.4, -0.2) is 24.5 Å². The lowest BCUT2D eigenvalue weighted by atomic mass is 9.90. The van der Waals surface area contributed by atoms with E-state index in [1.165, 1.54) is 58.2 Å². The van der Waals surface area contributed by atoms with Crippen molar-refractivity contribution in [3.8, 4) is 6.07 Å². The summed E-state index contributed by atoms with van der Waals surface area (Å²) in [6.07, 6.45) is 9.15. The quantitative estimate of drug-likeness (QED) is 0.727. The summed E-state index contributed by atoms with van der Waals surface area (Å²) in [6, 6.07) is 2.38. The lowest BCUT2D eigenvalue weighted by molar-refractivity contribution is 0.234. The minimum absolute atomic E-state index is 0.136. The summed E-state index contributed by atoms with van der Waals surface area (Å²) in [7, 11) is 0. The van der Waals surface area contributed by atoms with E-state index < -0.39 is 0 Å². The first-order valence-electron chi connectivity index (χ1n) is 6.78. The van der Waals surface area contributed by atoms with Gasteiger partial charge in [0.1, 0.15) is 0 Å². The Bertz CT molecular complexity index is 219. The summed E-state index contributed by atoms with van der Waals surface area (Å²) in [6.45, 7) is 7.81. The standard InChI is InChI=1S/C14H26N2/c1-14(2,13-15)9-8-12-16-10-6-4-3-5-7-11-16/h3-12H2,1-2H3. The van der Waals surface area contributed by atoms with E-state index in [0.29, 0.717) is 0 Å². The molecule has 0 N–H and O–H groups in total. The third-order valence-corrected chi connectivity index (χ3v) is 3.53. The fourth-order valence-corrected chi connectivity index (χ4v) is 2.34. The Labute approximate surface area is 101 Å². The van der Waals surface area contributed by atoms with Crippen LogP contribution in [0.25, 0.3) is 0 Å². The molecule has 1 rings (SSSR count). The highest BCUT2D eigenvalue weighted by Crippen LogP contribution is 2.21. The van der Waals surface area contributed by atoms with Crippen molar-refractivity contribution in [3.05, 3.63) is 0 Å². The van der Waals surface area contributed by atoms with Gasteiger partial charge in [-0.3, -0.25) is 0 Å². The first-order valence-corrected chi connectivity index (χ1v) is 6.78. The molecule has 0 amide bonds. The second kappa shape index (κ2) is 6.91. The molecule has 1 aliphatic heterocycles. The molecule has 16 heavy (non-hydrogen) atoms. The molecule has 2 heteroatoms. The van der Waals surface area contributed by atoms with E-state index in [9.17, 15) is 0 Å². The fraction of sp³-hybridized carbons (Fsp3) is 0.929. The topological polar surface area (TPSA) is 27.0 Å². The highest BCUT2D eigenvalue weighted by molar-refractivity contribution is 4.91. The summed E-state index contributed by atoms with van der Waals surface area (Å²) in [4.78, 5) is 2.59. The second-order valence-electron chi connectivity index (χ2n) is 5.71. The molecular formula is C14H26N2. The Morgan fingerprint density at radius 1 is 1.06 bits per heavy atom. The molecule has 0 aliphatic carbocycles. The van der Waals surface area contributed by atoms with Crippen molar-refractivity contribution in [1.82, 2.24) is 4.90 Å². The van der Waals surface area contributed by atoms with Gasteiger partial charge in [-0.15, -0.1) is 0 Å². The third-order valence-electron chi connectivity index (χ3n) is 3.53. The monoisotopic (exact) mass is 222 g/mol. The molecule has 1 heterocycles.